The number of likely N-dealkylation sites (tertiary alicyclic amines) is 1. The van der Waals surface area contributed by atoms with Crippen LogP contribution in [0.4, 0.5) is 4.79 Å². The quantitative estimate of drug-likeness (QED) is 0.209. The van der Waals surface area contributed by atoms with Gasteiger partial charge in [0.1, 0.15) is 17.1 Å². The van der Waals surface area contributed by atoms with E-state index in [0.29, 0.717) is 13.1 Å². The summed E-state index contributed by atoms with van der Waals surface area (Å²) in [6.07, 6.45) is 7.63. The smallest absolute Gasteiger partial charge is 0.410 e. The van der Waals surface area contributed by atoms with Gasteiger partial charge in [0.25, 0.3) is 0 Å². The lowest BCUT2D eigenvalue weighted by molar-refractivity contribution is -0.0271. The van der Waals surface area contributed by atoms with Gasteiger partial charge in [0.2, 0.25) is 0 Å². The van der Waals surface area contributed by atoms with Crippen molar-refractivity contribution in [1.82, 2.24) is 19.4 Å². The van der Waals surface area contributed by atoms with Gasteiger partial charge in [-0.15, -0.1) is 0 Å². The maximum absolute atomic E-state index is 12.4. The molecule has 0 atom stereocenters. The van der Waals surface area contributed by atoms with Crippen LogP contribution in [0.1, 0.15) is 83.8 Å². The fourth-order valence-corrected chi connectivity index (χ4v) is 7.51. The van der Waals surface area contributed by atoms with Crippen LogP contribution in [0, 0.1) is 13.8 Å². The highest BCUT2D eigenvalue weighted by atomic mass is 16.6. The van der Waals surface area contributed by atoms with E-state index in [-0.39, 0.29) is 32.1 Å². The second kappa shape index (κ2) is 12.8. The van der Waals surface area contributed by atoms with Crippen LogP contribution in [0.3, 0.4) is 0 Å². The van der Waals surface area contributed by atoms with Crippen LogP contribution in [-0.4, -0.2) is 51.9 Å². The normalized spacial score (nSPS) is 17.9. The molecule has 0 bridgehead atoms. The summed E-state index contributed by atoms with van der Waals surface area (Å²) >= 11 is 0. The Bertz CT molecular complexity index is 1710. The zero-order valence-electron chi connectivity index (χ0n) is 27.1. The number of aryl methyl sites for hydroxylation is 2. The Kier molecular flexibility index (Phi) is 9.30. The number of ether oxygens (including phenoxy) is 3. The first-order valence-corrected chi connectivity index (χ1v) is 16.2. The molecular weight excluding hydrogens is 588 g/mol. The average molecular weight is 641 g/mol. The monoisotopic (exact) mass is 640 g/mol. The summed E-state index contributed by atoms with van der Waals surface area (Å²) in [6, 6.07) is 20.8. The molecule has 1 N–H and O–H groups in total. The summed E-state index contributed by atoms with van der Waals surface area (Å²) in [5, 5.41) is 3.43. The van der Waals surface area contributed by atoms with E-state index in [1.165, 1.54) is 22.5 Å². The fourth-order valence-electron chi connectivity index (χ4n) is 7.51. The fraction of sp³-hybridized carbons (Fsp3) is 0.462. The van der Waals surface area contributed by atoms with E-state index < -0.39 is 5.60 Å². The minimum Gasteiger partial charge on any atom is -0.479 e. The number of carbonyl (C=O) groups excluding carboxylic acids is 1. The highest BCUT2D eigenvalue weighted by molar-refractivity contribution is 5.68. The zero-order chi connectivity index (χ0) is 31.4. The van der Waals surface area contributed by atoms with Gasteiger partial charge < -0.3 is 33.6 Å². The first-order chi connectivity index (χ1) is 21.6. The predicted molar refractivity (Wildman–Crippen MR) is 188 cm³/mol. The number of aromatic nitrogens is 2. The van der Waals surface area contributed by atoms with Crippen molar-refractivity contribution in [3.63, 3.8) is 0 Å². The van der Waals surface area contributed by atoms with Crippen LogP contribution in [0.15, 0.2) is 73.1 Å². The van der Waals surface area contributed by atoms with Crippen LogP contribution in [0.5, 0.6) is 11.5 Å². The highest BCUT2D eigenvalue weighted by Crippen LogP contribution is 2.47. The van der Waals surface area contributed by atoms with Crippen molar-refractivity contribution in [2.24, 2.45) is 0 Å². The molecule has 2 aromatic heterocycles. The van der Waals surface area contributed by atoms with Crippen LogP contribution >= 0.6 is 0 Å². The molecule has 0 saturated carbocycles. The minimum atomic E-state index is -0.474. The Hall–Kier alpha value is -4.17. The summed E-state index contributed by atoms with van der Waals surface area (Å²) in [4.78, 5) is 14.2. The minimum absolute atomic E-state index is 0. The SMILES string of the molecule is C.C.Cc1ccn2c1C1(CCN(C(=O)OC(C)(C)C)CC1)Oc1ccccc1-2.Cc1ccn2c1C1(CCNCC1)Oc1ccccc1-2. The first-order valence-electron chi connectivity index (χ1n) is 16.2. The van der Waals surface area contributed by atoms with Crippen molar-refractivity contribution < 1.29 is 19.0 Å². The van der Waals surface area contributed by atoms with Crippen molar-refractivity contribution in [3.05, 3.63) is 95.6 Å². The molecule has 0 radical (unpaired) electrons. The van der Waals surface area contributed by atoms with E-state index in [4.69, 9.17) is 14.2 Å². The maximum Gasteiger partial charge on any atom is 0.410 e. The molecule has 4 aromatic rings. The largest absolute Gasteiger partial charge is 0.479 e. The highest BCUT2D eigenvalue weighted by Gasteiger charge is 2.46. The molecule has 1 amide bonds. The van der Waals surface area contributed by atoms with Crippen molar-refractivity contribution >= 4 is 6.09 Å². The first kappa shape index (κ1) is 34.2. The Morgan fingerprint density at radius 2 is 1.17 bits per heavy atom. The van der Waals surface area contributed by atoms with Crippen molar-refractivity contribution in [3.8, 4) is 22.9 Å². The molecule has 0 unspecified atom stereocenters. The summed E-state index contributed by atoms with van der Waals surface area (Å²) < 4.78 is 23.1. The van der Waals surface area contributed by atoms with Gasteiger partial charge in [-0.25, -0.2) is 4.79 Å². The molecule has 2 spiro atoms. The van der Waals surface area contributed by atoms with Crippen LogP contribution in [-0.2, 0) is 15.9 Å². The van der Waals surface area contributed by atoms with Gasteiger partial charge in [0, 0.05) is 51.2 Å². The van der Waals surface area contributed by atoms with Crippen LogP contribution < -0.4 is 14.8 Å². The Labute approximate surface area is 280 Å². The molecule has 4 aliphatic rings. The number of nitrogens with one attached hydrogen (secondary N) is 1. The van der Waals surface area contributed by atoms with Crippen LogP contribution in [0.25, 0.3) is 11.4 Å². The van der Waals surface area contributed by atoms with E-state index in [0.717, 1.165) is 61.6 Å². The number of benzene rings is 2. The van der Waals surface area contributed by atoms with Crippen LogP contribution in [0.2, 0.25) is 0 Å². The molecule has 2 saturated heterocycles. The molecular formula is C39H52N4O4. The number of piperidine rings is 2. The lowest BCUT2D eigenvalue weighted by Crippen LogP contribution is -2.51. The Balaban J connectivity index is 0.000000184. The third kappa shape index (κ3) is 6.04. The van der Waals surface area contributed by atoms with E-state index in [9.17, 15) is 4.79 Å². The average Bonchev–Trinajstić information content (AvgIpc) is 3.62. The topological polar surface area (TPSA) is 69.9 Å². The van der Waals surface area contributed by atoms with Gasteiger partial charge in [-0.3, -0.25) is 0 Å². The van der Waals surface area contributed by atoms with Gasteiger partial charge in [-0.1, -0.05) is 39.1 Å². The summed E-state index contributed by atoms with van der Waals surface area (Å²) in [5.41, 5.74) is 6.34. The lowest BCUT2D eigenvalue weighted by Gasteiger charge is -2.45. The zero-order valence-corrected chi connectivity index (χ0v) is 27.1. The molecule has 47 heavy (non-hydrogen) atoms. The van der Waals surface area contributed by atoms with E-state index in [1.807, 2.05) is 39.0 Å². The molecule has 8 heteroatoms. The van der Waals surface area contributed by atoms with Crippen molar-refractivity contribution in [2.75, 3.05) is 26.2 Å². The predicted octanol–water partition coefficient (Wildman–Crippen LogP) is 8.43. The number of carbonyl (C=O) groups is 1. The molecule has 6 heterocycles. The van der Waals surface area contributed by atoms with Gasteiger partial charge >= 0.3 is 6.09 Å². The van der Waals surface area contributed by atoms with E-state index >= 15 is 0 Å². The second-order valence-electron chi connectivity index (χ2n) is 13.8. The number of rotatable bonds is 0. The molecule has 252 valence electrons. The second-order valence-corrected chi connectivity index (χ2v) is 13.8. The van der Waals surface area contributed by atoms with E-state index in [1.54, 1.807) is 4.90 Å². The molecule has 4 aliphatic heterocycles. The van der Waals surface area contributed by atoms with Gasteiger partial charge in [0.05, 0.1) is 22.8 Å². The number of nitrogens with zero attached hydrogens (tertiary/aromatic N) is 3. The van der Waals surface area contributed by atoms with Crippen molar-refractivity contribution in [2.45, 2.75) is 92.0 Å². The molecule has 8 rings (SSSR count). The summed E-state index contributed by atoms with van der Waals surface area (Å²) in [6.45, 7) is 13.3. The summed E-state index contributed by atoms with van der Waals surface area (Å²) in [7, 11) is 0. The molecule has 2 aromatic carbocycles. The van der Waals surface area contributed by atoms with Gasteiger partial charge in [-0.2, -0.15) is 0 Å². The lowest BCUT2D eigenvalue weighted by atomic mass is 9.85. The standard InChI is InChI=1S/C21H26N2O3.C16H18N2O.2CH4/c1-15-9-12-23-16-7-5-6-8-17(16)25-21(18(15)23)10-13-22(14-11-21)19(24)26-20(2,3)4;1-12-6-11-18-13-4-2-3-5-14(13)19-16(15(12)18)7-9-17-10-8-16;;/h5-9,12H,10-11,13-14H2,1-4H3;2-6,11,17H,7-10H2,1H3;2*1H4. The number of hydrogen-bond acceptors (Lipinski definition) is 5. The molecule has 2 fully saturated rings. The van der Waals surface area contributed by atoms with Gasteiger partial charge in [0.15, 0.2) is 11.2 Å². The van der Waals surface area contributed by atoms with Gasteiger partial charge in [-0.05, 0) is 95.2 Å². The Morgan fingerprint density at radius 1 is 0.723 bits per heavy atom. The third-order valence-corrected chi connectivity index (χ3v) is 9.53. The molecule has 0 aliphatic carbocycles. The van der Waals surface area contributed by atoms with E-state index in [2.05, 4.69) is 83.2 Å². The van der Waals surface area contributed by atoms with Crippen molar-refractivity contribution in [1.29, 1.82) is 0 Å². The summed E-state index contributed by atoms with van der Waals surface area (Å²) in [5.74, 6) is 1.91. The number of fused-ring (bicyclic) bond motifs is 8. The third-order valence-electron chi connectivity index (χ3n) is 9.53. The maximum atomic E-state index is 12.4. The number of amides is 1. The number of para-hydroxylation sites is 4. The number of hydrogen-bond donors (Lipinski definition) is 1. The Morgan fingerprint density at radius 3 is 1.64 bits per heavy atom. The molecule has 8 nitrogen and oxygen atoms in total.